The maximum atomic E-state index is 3.53. The van der Waals surface area contributed by atoms with E-state index >= 15 is 0 Å². The quantitative estimate of drug-likeness (QED) is 0.726. The first kappa shape index (κ1) is 8.82. The van der Waals surface area contributed by atoms with Gasteiger partial charge in [0.05, 0.1) is 0 Å². The first-order chi connectivity index (χ1) is 6.18. The van der Waals surface area contributed by atoms with E-state index in [4.69, 9.17) is 0 Å². The third-order valence-corrected chi connectivity index (χ3v) is 2.77. The van der Waals surface area contributed by atoms with E-state index < -0.39 is 0 Å². The smallest absolute Gasteiger partial charge is 0.0448 e. The van der Waals surface area contributed by atoms with E-state index in [9.17, 15) is 0 Å². The summed E-state index contributed by atoms with van der Waals surface area (Å²) in [5.74, 6) is 0. The molecule has 13 heavy (non-hydrogen) atoms. The van der Waals surface area contributed by atoms with E-state index in [-0.39, 0.29) is 0 Å². The Kier molecular flexibility index (Phi) is 2.16. The van der Waals surface area contributed by atoms with Crippen molar-refractivity contribution in [3.63, 3.8) is 0 Å². The summed E-state index contributed by atoms with van der Waals surface area (Å²) in [6, 6.07) is 4.36. The van der Waals surface area contributed by atoms with Crippen molar-refractivity contribution in [2.45, 2.75) is 6.42 Å². The summed E-state index contributed by atoms with van der Waals surface area (Å²) in [6.45, 7) is 0. The molecule has 0 atom stereocenters. The van der Waals surface area contributed by atoms with Gasteiger partial charge in [0.25, 0.3) is 0 Å². The highest BCUT2D eigenvalue weighted by Gasteiger charge is 2.12. The molecule has 1 aromatic carbocycles. The van der Waals surface area contributed by atoms with Crippen molar-refractivity contribution in [1.29, 1.82) is 0 Å². The van der Waals surface area contributed by atoms with Gasteiger partial charge in [0.15, 0.2) is 0 Å². The van der Waals surface area contributed by atoms with Gasteiger partial charge >= 0.3 is 0 Å². The number of nitrogens with zero attached hydrogens (tertiary/aromatic N) is 1. The largest absolute Gasteiger partial charge is 0.377 e. The fourth-order valence-electron chi connectivity index (χ4n) is 1.69. The van der Waals surface area contributed by atoms with Gasteiger partial charge in [-0.3, -0.25) is 0 Å². The van der Waals surface area contributed by atoms with Crippen LogP contribution < -0.4 is 4.90 Å². The van der Waals surface area contributed by atoms with E-state index in [0.717, 1.165) is 6.42 Å². The molecule has 2 rings (SSSR count). The molecule has 1 aliphatic rings. The summed E-state index contributed by atoms with van der Waals surface area (Å²) in [6.07, 6.45) is 5.48. The average molecular weight is 238 g/mol. The number of hydrogen-bond donors (Lipinski definition) is 0. The predicted molar refractivity (Wildman–Crippen MR) is 61.2 cm³/mol. The Morgan fingerprint density at radius 2 is 2.08 bits per heavy atom. The molecule has 2 heteroatoms. The lowest BCUT2D eigenvalue weighted by atomic mass is 10.1. The monoisotopic (exact) mass is 237 g/mol. The molecule has 1 nitrogen and oxygen atoms in total. The molecule has 0 radical (unpaired) electrons. The molecule has 0 saturated carbocycles. The molecule has 0 amide bonds. The van der Waals surface area contributed by atoms with Gasteiger partial charge < -0.3 is 4.90 Å². The SMILES string of the molecule is CN(C)c1cc(Br)cc2c1C=CC2. The summed E-state index contributed by atoms with van der Waals surface area (Å²) in [5, 5.41) is 0. The fraction of sp³-hybridized carbons (Fsp3) is 0.273. The number of anilines is 1. The van der Waals surface area contributed by atoms with Crippen LogP contribution in [0.2, 0.25) is 0 Å². The van der Waals surface area contributed by atoms with Crippen molar-refractivity contribution in [1.82, 2.24) is 0 Å². The number of benzene rings is 1. The van der Waals surface area contributed by atoms with Gasteiger partial charge in [-0.2, -0.15) is 0 Å². The summed E-state index contributed by atoms with van der Waals surface area (Å²) < 4.78 is 1.17. The molecule has 0 N–H and O–H groups in total. The van der Waals surface area contributed by atoms with Gasteiger partial charge in [-0.05, 0) is 24.1 Å². The first-order valence-electron chi connectivity index (χ1n) is 4.35. The van der Waals surface area contributed by atoms with Crippen molar-refractivity contribution in [2.75, 3.05) is 19.0 Å². The van der Waals surface area contributed by atoms with Gasteiger partial charge in [0.2, 0.25) is 0 Å². The molecule has 0 unspecified atom stereocenters. The Morgan fingerprint density at radius 3 is 2.77 bits per heavy atom. The lowest BCUT2D eigenvalue weighted by molar-refractivity contribution is 1.12. The average Bonchev–Trinajstić information content (AvgIpc) is 2.49. The Bertz CT molecular complexity index is 367. The lowest BCUT2D eigenvalue weighted by Gasteiger charge is -2.17. The molecule has 1 aromatic rings. The number of allylic oxidation sites excluding steroid dienone is 1. The first-order valence-corrected chi connectivity index (χ1v) is 5.14. The normalized spacial score (nSPS) is 13.2. The van der Waals surface area contributed by atoms with Crippen molar-refractivity contribution >= 4 is 27.7 Å². The second-order valence-corrected chi connectivity index (χ2v) is 4.41. The highest BCUT2D eigenvalue weighted by Crippen LogP contribution is 2.32. The number of rotatable bonds is 1. The van der Waals surface area contributed by atoms with Gasteiger partial charge in [-0.1, -0.05) is 28.1 Å². The van der Waals surface area contributed by atoms with Crippen LogP contribution >= 0.6 is 15.9 Å². The third kappa shape index (κ3) is 1.51. The van der Waals surface area contributed by atoms with Crippen LogP contribution in [0.1, 0.15) is 11.1 Å². The minimum absolute atomic E-state index is 1.07. The number of halogens is 1. The third-order valence-electron chi connectivity index (χ3n) is 2.31. The molecular weight excluding hydrogens is 226 g/mol. The molecule has 0 heterocycles. The summed E-state index contributed by atoms with van der Waals surface area (Å²) >= 11 is 3.53. The summed E-state index contributed by atoms with van der Waals surface area (Å²) in [4.78, 5) is 2.15. The highest BCUT2D eigenvalue weighted by molar-refractivity contribution is 9.10. The van der Waals surface area contributed by atoms with Crippen LogP contribution in [0.25, 0.3) is 6.08 Å². The van der Waals surface area contributed by atoms with Crippen LogP contribution in [0.3, 0.4) is 0 Å². The van der Waals surface area contributed by atoms with Crippen LogP contribution in [0.15, 0.2) is 22.7 Å². The summed E-state index contributed by atoms with van der Waals surface area (Å²) in [5.41, 5.74) is 4.07. The molecular formula is C11H12BrN. The maximum Gasteiger partial charge on any atom is 0.0448 e. The zero-order chi connectivity index (χ0) is 9.42. The molecule has 1 aliphatic carbocycles. The molecule has 0 fully saturated rings. The Hall–Kier alpha value is -0.760. The maximum absolute atomic E-state index is 3.53. The molecule has 68 valence electrons. The van der Waals surface area contributed by atoms with E-state index in [1.165, 1.54) is 21.3 Å². The van der Waals surface area contributed by atoms with Crippen LogP contribution in [0, 0.1) is 0 Å². The minimum atomic E-state index is 1.07. The van der Waals surface area contributed by atoms with E-state index in [2.05, 4.69) is 59.2 Å². The predicted octanol–water partition coefficient (Wildman–Crippen LogP) is 3.08. The highest BCUT2D eigenvalue weighted by atomic mass is 79.9. The van der Waals surface area contributed by atoms with Crippen LogP contribution in [-0.4, -0.2) is 14.1 Å². The second kappa shape index (κ2) is 3.18. The topological polar surface area (TPSA) is 3.24 Å². The second-order valence-electron chi connectivity index (χ2n) is 3.50. The molecule has 0 aromatic heterocycles. The lowest BCUT2D eigenvalue weighted by Crippen LogP contribution is -2.10. The number of hydrogen-bond acceptors (Lipinski definition) is 1. The van der Waals surface area contributed by atoms with Crippen molar-refractivity contribution < 1.29 is 0 Å². The van der Waals surface area contributed by atoms with Crippen LogP contribution in [0.4, 0.5) is 5.69 Å². The van der Waals surface area contributed by atoms with Gasteiger partial charge in [-0.25, -0.2) is 0 Å². The van der Waals surface area contributed by atoms with Gasteiger partial charge in [-0.15, -0.1) is 0 Å². The van der Waals surface area contributed by atoms with E-state index in [1.807, 2.05) is 0 Å². The van der Waals surface area contributed by atoms with Gasteiger partial charge in [0.1, 0.15) is 0 Å². The Labute approximate surface area is 87.2 Å². The Morgan fingerprint density at radius 1 is 1.31 bits per heavy atom. The molecule has 0 aliphatic heterocycles. The minimum Gasteiger partial charge on any atom is -0.377 e. The summed E-state index contributed by atoms with van der Waals surface area (Å²) in [7, 11) is 4.16. The zero-order valence-corrected chi connectivity index (χ0v) is 9.43. The molecule has 0 spiro atoms. The van der Waals surface area contributed by atoms with Crippen molar-refractivity contribution in [3.05, 3.63) is 33.8 Å². The Balaban J connectivity index is 2.60. The molecule has 0 saturated heterocycles. The standard InChI is InChI=1S/C11H12BrN/c1-13(2)11-7-9(12)6-8-4-3-5-10(8)11/h3,5-7H,4H2,1-2H3. The van der Waals surface area contributed by atoms with E-state index in [1.54, 1.807) is 0 Å². The van der Waals surface area contributed by atoms with Gasteiger partial charge in [0, 0.05) is 29.8 Å². The zero-order valence-electron chi connectivity index (χ0n) is 7.84. The van der Waals surface area contributed by atoms with Crippen LogP contribution in [0.5, 0.6) is 0 Å². The van der Waals surface area contributed by atoms with Crippen LogP contribution in [-0.2, 0) is 6.42 Å². The fourth-order valence-corrected chi connectivity index (χ4v) is 2.19. The van der Waals surface area contributed by atoms with Crippen molar-refractivity contribution in [3.8, 4) is 0 Å². The molecule has 0 bridgehead atoms. The number of fused-ring (bicyclic) bond motifs is 1. The van der Waals surface area contributed by atoms with E-state index in [0.29, 0.717) is 0 Å². The van der Waals surface area contributed by atoms with Crippen molar-refractivity contribution in [2.24, 2.45) is 0 Å².